The van der Waals surface area contributed by atoms with Crippen molar-refractivity contribution in [3.05, 3.63) is 29.8 Å². The second-order valence-electron chi connectivity index (χ2n) is 4.59. The first kappa shape index (κ1) is 14.5. The van der Waals surface area contributed by atoms with Crippen molar-refractivity contribution in [2.24, 2.45) is 0 Å². The maximum atomic E-state index is 10.8. The number of nitrogens with zero attached hydrogens (tertiary/aromatic N) is 2. The molecule has 0 saturated heterocycles. The van der Waals surface area contributed by atoms with Crippen LogP contribution in [0.5, 0.6) is 0 Å². The Morgan fingerprint density at radius 1 is 1.17 bits per heavy atom. The van der Waals surface area contributed by atoms with Crippen molar-refractivity contribution in [1.82, 2.24) is 4.90 Å². The summed E-state index contributed by atoms with van der Waals surface area (Å²) in [7, 11) is 4.13. The number of aromatic carboxylic acids is 1. The summed E-state index contributed by atoms with van der Waals surface area (Å²) >= 11 is 0. The standard InChI is InChI=1S/C14H22N2O2/c1-4-16(11-5-10-15(2)3)13-8-6-12(7-9-13)14(17)18/h6-9H,4-5,10-11H2,1-3H3,(H,17,18). The molecule has 0 fully saturated rings. The average Bonchev–Trinajstić information content (AvgIpc) is 2.34. The van der Waals surface area contributed by atoms with Crippen LogP contribution in [0.4, 0.5) is 5.69 Å². The Kier molecular flexibility index (Phi) is 5.65. The van der Waals surface area contributed by atoms with E-state index in [0.717, 1.165) is 31.7 Å². The Morgan fingerprint density at radius 2 is 1.78 bits per heavy atom. The summed E-state index contributed by atoms with van der Waals surface area (Å²) in [5.41, 5.74) is 1.42. The largest absolute Gasteiger partial charge is 0.478 e. The molecule has 4 nitrogen and oxygen atoms in total. The van der Waals surface area contributed by atoms with Crippen LogP contribution in [-0.4, -0.2) is 49.7 Å². The van der Waals surface area contributed by atoms with E-state index in [0.29, 0.717) is 5.56 Å². The zero-order valence-electron chi connectivity index (χ0n) is 11.4. The molecule has 4 heteroatoms. The molecule has 0 aromatic heterocycles. The lowest BCUT2D eigenvalue weighted by Crippen LogP contribution is -2.26. The van der Waals surface area contributed by atoms with Gasteiger partial charge >= 0.3 is 5.97 Å². The van der Waals surface area contributed by atoms with E-state index in [1.165, 1.54) is 0 Å². The van der Waals surface area contributed by atoms with Crippen LogP contribution in [0.2, 0.25) is 0 Å². The molecule has 0 spiro atoms. The van der Waals surface area contributed by atoms with E-state index >= 15 is 0 Å². The fraction of sp³-hybridized carbons (Fsp3) is 0.500. The minimum absolute atomic E-state index is 0.336. The number of hydrogen-bond acceptors (Lipinski definition) is 3. The molecule has 1 aromatic carbocycles. The molecule has 0 aliphatic heterocycles. The Balaban J connectivity index is 2.61. The molecule has 0 heterocycles. The molecule has 0 aliphatic carbocycles. The molecule has 1 N–H and O–H groups in total. The van der Waals surface area contributed by atoms with Gasteiger partial charge < -0.3 is 14.9 Å². The molecule has 18 heavy (non-hydrogen) atoms. The summed E-state index contributed by atoms with van der Waals surface area (Å²) in [6.45, 7) is 5.09. The molecular formula is C14H22N2O2. The van der Waals surface area contributed by atoms with E-state index in [9.17, 15) is 4.79 Å². The molecule has 0 radical (unpaired) electrons. The second kappa shape index (κ2) is 7.01. The van der Waals surface area contributed by atoms with Gasteiger partial charge in [-0.25, -0.2) is 4.79 Å². The normalized spacial score (nSPS) is 10.7. The third-order valence-corrected chi connectivity index (χ3v) is 2.89. The molecule has 100 valence electrons. The lowest BCUT2D eigenvalue weighted by atomic mass is 10.2. The summed E-state index contributed by atoms with van der Waals surface area (Å²) in [6, 6.07) is 7.07. The van der Waals surface area contributed by atoms with Crippen LogP contribution >= 0.6 is 0 Å². The lowest BCUT2D eigenvalue weighted by molar-refractivity contribution is 0.0697. The zero-order chi connectivity index (χ0) is 13.5. The van der Waals surface area contributed by atoms with E-state index < -0.39 is 5.97 Å². The predicted molar refractivity (Wildman–Crippen MR) is 74.5 cm³/mol. The number of carboxylic acids is 1. The van der Waals surface area contributed by atoms with Gasteiger partial charge in [-0.15, -0.1) is 0 Å². The van der Waals surface area contributed by atoms with E-state index in [2.05, 4.69) is 30.8 Å². The van der Waals surface area contributed by atoms with Crippen LogP contribution in [0, 0.1) is 0 Å². The number of anilines is 1. The van der Waals surface area contributed by atoms with Crippen molar-refractivity contribution in [2.75, 3.05) is 38.6 Å². The van der Waals surface area contributed by atoms with Crippen molar-refractivity contribution in [3.8, 4) is 0 Å². The predicted octanol–water partition coefficient (Wildman–Crippen LogP) is 2.16. The maximum Gasteiger partial charge on any atom is 0.335 e. The van der Waals surface area contributed by atoms with Gasteiger partial charge in [-0.2, -0.15) is 0 Å². The second-order valence-corrected chi connectivity index (χ2v) is 4.59. The number of hydrogen-bond donors (Lipinski definition) is 1. The highest BCUT2D eigenvalue weighted by molar-refractivity contribution is 5.88. The van der Waals surface area contributed by atoms with Gasteiger partial charge in [-0.3, -0.25) is 0 Å². The summed E-state index contributed by atoms with van der Waals surface area (Å²) in [5.74, 6) is -0.878. The molecular weight excluding hydrogens is 228 g/mol. The molecule has 0 bridgehead atoms. The summed E-state index contributed by atoms with van der Waals surface area (Å²) in [4.78, 5) is 15.2. The third-order valence-electron chi connectivity index (χ3n) is 2.89. The van der Waals surface area contributed by atoms with E-state index in [4.69, 9.17) is 5.11 Å². The van der Waals surface area contributed by atoms with E-state index in [-0.39, 0.29) is 0 Å². The van der Waals surface area contributed by atoms with Gasteiger partial charge in [0, 0.05) is 18.8 Å². The van der Waals surface area contributed by atoms with Crippen molar-refractivity contribution in [3.63, 3.8) is 0 Å². The molecule has 0 saturated carbocycles. The van der Waals surface area contributed by atoms with Gasteiger partial charge in [0.15, 0.2) is 0 Å². The highest BCUT2D eigenvalue weighted by atomic mass is 16.4. The van der Waals surface area contributed by atoms with Gasteiger partial charge in [-0.1, -0.05) is 0 Å². The van der Waals surface area contributed by atoms with E-state index in [1.54, 1.807) is 12.1 Å². The maximum absolute atomic E-state index is 10.8. The van der Waals surface area contributed by atoms with Crippen LogP contribution < -0.4 is 4.90 Å². The molecule has 0 atom stereocenters. The summed E-state index contributed by atoms with van der Waals surface area (Å²) < 4.78 is 0. The molecule has 0 aliphatic rings. The quantitative estimate of drug-likeness (QED) is 0.805. The van der Waals surface area contributed by atoms with Gasteiger partial charge in [-0.05, 0) is 58.3 Å². The van der Waals surface area contributed by atoms with Crippen LogP contribution in [0.15, 0.2) is 24.3 Å². The van der Waals surface area contributed by atoms with Crippen LogP contribution in [0.25, 0.3) is 0 Å². The third kappa shape index (κ3) is 4.37. The lowest BCUT2D eigenvalue weighted by Gasteiger charge is -2.24. The van der Waals surface area contributed by atoms with E-state index in [1.807, 2.05) is 12.1 Å². The monoisotopic (exact) mass is 250 g/mol. The van der Waals surface area contributed by atoms with Crippen molar-refractivity contribution in [2.45, 2.75) is 13.3 Å². The SMILES string of the molecule is CCN(CCCN(C)C)c1ccc(C(=O)O)cc1. The highest BCUT2D eigenvalue weighted by Crippen LogP contribution is 2.15. The topological polar surface area (TPSA) is 43.8 Å². The Labute approximate surface area is 109 Å². The molecule has 1 aromatic rings. The number of benzene rings is 1. The van der Waals surface area contributed by atoms with Gasteiger partial charge in [0.25, 0.3) is 0 Å². The fourth-order valence-electron chi connectivity index (χ4n) is 1.86. The number of rotatable bonds is 7. The molecule has 1 rings (SSSR count). The Hall–Kier alpha value is -1.55. The summed E-state index contributed by atoms with van der Waals surface area (Å²) in [5, 5.41) is 8.85. The van der Waals surface area contributed by atoms with Crippen molar-refractivity contribution < 1.29 is 9.90 Å². The highest BCUT2D eigenvalue weighted by Gasteiger charge is 2.06. The van der Waals surface area contributed by atoms with Crippen molar-refractivity contribution in [1.29, 1.82) is 0 Å². The molecule has 0 unspecified atom stereocenters. The van der Waals surface area contributed by atoms with Gasteiger partial charge in [0.05, 0.1) is 5.56 Å². The summed E-state index contributed by atoms with van der Waals surface area (Å²) in [6.07, 6.45) is 1.10. The molecule has 0 amide bonds. The first-order chi connectivity index (χ1) is 8.54. The fourth-order valence-corrected chi connectivity index (χ4v) is 1.86. The van der Waals surface area contributed by atoms with Gasteiger partial charge in [0.2, 0.25) is 0 Å². The Bertz CT molecular complexity index is 374. The number of carbonyl (C=O) groups is 1. The smallest absolute Gasteiger partial charge is 0.335 e. The van der Waals surface area contributed by atoms with Crippen LogP contribution in [-0.2, 0) is 0 Å². The average molecular weight is 250 g/mol. The first-order valence-electron chi connectivity index (χ1n) is 6.27. The van der Waals surface area contributed by atoms with Gasteiger partial charge in [0.1, 0.15) is 0 Å². The Morgan fingerprint density at radius 3 is 2.22 bits per heavy atom. The number of carboxylic acid groups (broad SMARTS) is 1. The zero-order valence-corrected chi connectivity index (χ0v) is 11.4. The van der Waals surface area contributed by atoms with Crippen molar-refractivity contribution >= 4 is 11.7 Å². The minimum atomic E-state index is -0.878. The minimum Gasteiger partial charge on any atom is -0.478 e. The van der Waals surface area contributed by atoms with Crippen LogP contribution in [0.1, 0.15) is 23.7 Å². The van der Waals surface area contributed by atoms with Crippen LogP contribution in [0.3, 0.4) is 0 Å². The first-order valence-corrected chi connectivity index (χ1v) is 6.27.